The number of rotatable bonds is 7. The molecule has 7 nitrogen and oxygen atoms in total. The molecule has 0 atom stereocenters. The van der Waals surface area contributed by atoms with Gasteiger partial charge in [-0.05, 0) is 27.0 Å². The molecule has 7 heteroatoms. The number of nitrogens with zero attached hydrogens (tertiary/aromatic N) is 3. The molecule has 0 amide bonds. The lowest BCUT2D eigenvalue weighted by Crippen LogP contribution is -2.31. The van der Waals surface area contributed by atoms with E-state index in [1.54, 1.807) is 13.1 Å². The van der Waals surface area contributed by atoms with Crippen molar-refractivity contribution in [1.82, 2.24) is 9.88 Å². The average molecular weight is 267 g/mol. The maximum Gasteiger partial charge on any atom is 0.311 e. The van der Waals surface area contributed by atoms with Gasteiger partial charge in [-0.1, -0.05) is 0 Å². The van der Waals surface area contributed by atoms with Crippen LogP contribution in [0.3, 0.4) is 0 Å². The highest BCUT2D eigenvalue weighted by Gasteiger charge is 2.15. The van der Waals surface area contributed by atoms with Crippen molar-refractivity contribution >= 4 is 17.3 Å². The zero-order valence-corrected chi connectivity index (χ0v) is 11.8. The van der Waals surface area contributed by atoms with Crippen LogP contribution in [0.2, 0.25) is 0 Å². The van der Waals surface area contributed by atoms with E-state index in [-0.39, 0.29) is 5.69 Å². The third kappa shape index (κ3) is 4.36. The van der Waals surface area contributed by atoms with E-state index in [4.69, 9.17) is 0 Å². The van der Waals surface area contributed by atoms with Crippen LogP contribution in [-0.2, 0) is 0 Å². The summed E-state index contributed by atoms with van der Waals surface area (Å²) in [5, 5.41) is 16.8. The summed E-state index contributed by atoms with van der Waals surface area (Å²) in [6, 6.07) is 3.48. The molecule has 0 saturated heterocycles. The van der Waals surface area contributed by atoms with Gasteiger partial charge in [0.15, 0.2) is 0 Å². The van der Waals surface area contributed by atoms with E-state index in [9.17, 15) is 10.1 Å². The first-order valence-corrected chi connectivity index (χ1v) is 6.23. The normalized spacial score (nSPS) is 10.8. The Bertz CT molecular complexity index is 436. The zero-order chi connectivity index (χ0) is 14.4. The number of anilines is 2. The summed E-state index contributed by atoms with van der Waals surface area (Å²) < 4.78 is 0. The molecule has 0 bridgehead atoms. The Balaban J connectivity index is 2.72. The van der Waals surface area contributed by atoms with E-state index in [1.165, 1.54) is 6.07 Å². The fraction of sp³-hybridized carbons (Fsp3) is 0.583. The summed E-state index contributed by atoms with van der Waals surface area (Å²) in [6.07, 6.45) is 0. The molecule has 0 saturated carbocycles. The van der Waals surface area contributed by atoms with Gasteiger partial charge >= 0.3 is 5.69 Å². The quantitative estimate of drug-likeness (QED) is 0.579. The predicted molar refractivity (Wildman–Crippen MR) is 76.7 cm³/mol. The summed E-state index contributed by atoms with van der Waals surface area (Å²) in [5.41, 5.74) is -0.00815. The van der Waals surface area contributed by atoms with Crippen molar-refractivity contribution in [1.29, 1.82) is 0 Å². The number of hydrogen-bond acceptors (Lipinski definition) is 6. The van der Waals surface area contributed by atoms with Crippen LogP contribution in [0.5, 0.6) is 0 Å². The highest BCUT2D eigenvalue weighted by atomic mass is 16.6. The first-order chi connectivity index (χ1) is 8.95. The molecule has 1 heterocycles. The highest BCUT2D eigenvalue weighted by Crippen LogP contribution is 2.23. The maximum absolute atomic E-state index is 10.9. The van der Waals surface area contributed by atoms with Gasteiger partial charge in [-0.25, -0.2) is 4.98 Å². The van der Waals surface area contributed by atoms with E-state index in [1.807, 2.05) is 7.05 Å². The summed E-state index contributed by atoms with van der Waals surface area (Å²) in [7, 11) is 3.74. The zero-order valence-electron chi connectivity index (χ0n) is 11.8. The molecule has 2 N–H and O–H groups in total. The van der Waals surface area contributed by atoms with Gasteiger partial charge in [0, 0.05) is 32.2 Å². The smallest absolute Gasteiger partial charge is 0.311 e. The van der Waals surface area contributed by atoms with Gasteiger partial charge in [0.2, 0.25) is 5.82 Å². The molecule has 0 spiro atoms. The second-order valence-corrected chi connectivity index (χ2v) is 4.57. The second-order valence-electron chi connectivity index (χ2n) is 4.57. The van der Waals surface area contributed by atoms with Gasteiger partial charge < -0.3 is 15.5 Å². The van der Waals surface area contributed by atoms with Gasteiger partial charge in [0.05, 0.1) is 4.92 Å². The number of hydrogen-bond donors (Lipinski definition) is 2. The molecule has 0 unspecified atom stereocenters. The molecule has 0 aliphatic carbocycles. The molecule has 0 aliphatic rings. The SMILES string of the molecule is CNc1ccc([N+](=O)[O-])c(NCCN(C)C(C)C)n1. The van der Waals surface area contributed by atoms with Gasteiger partial charge in [0.1, 0.15) is 5.82 Å². The summed E-state index contributed by atoms with van der Waals surface area (Å²) in [4.78, 5) is 16.8. The molecule has 106 valence electrons. The monoisotopic (exact) mass is 267 g/mol. The molecule has 1 aromatic rings. The molecule has 0 aromatic carbocycles. The number of nitrogens with one attached hydrogen (secondary N) is 2. The standard InChI is InChI=1S/C12H21N5O2/c1-9(2)16(4)8-7-14-12-10(17(18)19)5-6-11(13-3)15-12/h5-6,9H,7-8H2,1-4H3,(H2,13,14,15). The Hall–Kier alpha value is -1.89. The second kappa shape index (κ2) is 6.89. The van der Waals surface area contributed by atoms with Crippen LogP contribution in [0.25, 0.3) is 0 Å². The van der Waals surface area contributed by atoms with Crippen LogP contribution in [-0.4, -0.2) is 48.0 Å². The number of pyridine rings is 1. The van der Waals surface area contributed by atoms with Gasteiger partial charge in [-0.3, -0.25) is 10.1 Å². The van der Waals surface area contributed by atoms with Crippen LogP contribution >= 0.6 is 0 Å². The first-order valence-electron chi connectivity index (χ1n) is 6.23. The maximum atomic E-state index is 10.9. The topological polar surface area (TPSA) is 83.3 Å². The Kier molecular flexibility index (Phi) is 5.50. The van der Waals surface area contributed by atoms with E-state index in [2.05, 4.69) is 34.4 Å². The lowest BCUT2D eigenvalue weighted by atomic mass is 10.3. The summed E-state index contributed by atoms with van der Waals surface area (Å²) in [5.74, 6) is 0.902. The fourth-order valence-corrected chi connectivity index (χ4v) is 1.48. The van der Waals surface area contributed by atoms with Crippen LogP contribution in [0.4, 0.5) is 17.3 Å². The minimum Gasteiger partial charge on any atom is -0.373 e. The van der Waals surface area contributed by atoms with E-state index in [0.717, 1.165) is 6.54 Å². The highest BCUT2D eigenvalue weighted by molar-refractivity contribution is 5.60. The third-order valence-corrected chi connectivity index (χ3v) is 2.97. The molecule has 0 fully saturated rings. The Morgan fingerprint density at radius 3 is 2.68 bits per heavy atom. The minimum atomic E-state index is -0.430. The van der Waals surface area contributed by atoms with Crippen LogP contribution in [0, 0.1) is 10.1 Å². The van der Waals surface area contributed by atoms with E-state index >= 15 is 0 Å². The Morgan fingerprint density at radius 2 is 2.16 bits per heavy atom. The van der Waals surface area contributed by atoms with Gasteiger partial charge in [-0.15, -0.1) is 0 Å². The molecule has 0 radical (unpaired) electrons. The minimum absolute atomic E-state index is 0.00815. The van der Waals surface area contributed by atoms with Crippen molar-refractivity contribution in [2.24, 2.45) is 0 Å². The molecular weight excluding hydrogens is 246 g/mol. The molecule has 0 aliphatic heterocycles. The summed E-state index contributed by atoms with van der Waals surface area (Å²) >= 11 is 0. The number of aromatic nitrogens is 1. The molecule has 1 rings (SSSR count). The molecule has 19 heavy (non-hydrogen) atoms. The Morgan fingerprint density at radius 1 is 1.47 bits per heavy atom. The van der Waals surface area contributed by atoms with Crippen molar-refractivity contribution in [2.75, 3.05) is 37.8 Å². The van der Waals surface area contributed by atoms with Crippen LogP contribution in [0.15, 0.2) is 12.1 Å². The lowest BCUT2D eigenvalue weighted by Gasteiger charge is -2.21. The van der Waals surface area contributed by atoms with E-state index in [0.29, 0.717) is 24.2 Å². The third-order valence-electron chi connectivity index (χ3n) is 2.97. The largest absolute Gasteiger partial charge is 0.373 e. The van der Waals surface area contributed by atoms with Gasteiger partial charge in [0.25, 0.3) is 0 Å². The lowest BCUT2D eigenvalue weighted by molar-refractivity contribution is -0.384. The Labute approximate surface area is 113 Å². The van der Waals surface area contributed by atoms with Gasteiger partial charge in [-0.2, -0.15) is 0 Å². The van der Waals surface area contributed by atoms with Crippen molar-refractivity contribution in [3.63, 3.8) is 0 Å². The molecular formula is C12H21N5O2. The summed E-state index contributed by atoms with van der Waals surface area (Å²) in [6.45, 7) is 5.60. The van der Waals surface area contributed by atoms with Crippen molar-refractivity contribution < 1.29 is 4.92 Å². The van der Waals surface area contributed by atoms with Crippen LogP contribution < -0.4 is 10.6 Å². The fourth-order valence-electron chi connectivity index (χ4n) is 1.48. The van der Waals surface area contributed by atoms with E-state index < -0.39 is 4.92 Å². The molecule has 1 aromatic heterocycles. The van der Waals surface area contributed by atoms with Crippen LogP contribution in [0.1, 0.15) is 13.8 Å². The number of nitro groups is 1. The van der Waals surface area contributed by atoms with Crippen molar-refractivity contribution in [3.8, 4) is 0 Å². The average Bonchev–Trinajstić information content (AvgIpc) is 2.37. The first kappa shape index (κ1) is 15.2. The number of likely N-dealkylation sites (N-methyl/N-ethyl adjacent to an activating group) is 1. The van der Waals surface area contributed by atoms with Crippen molar-refractivity contribution in [3.05, 3.63) is 22.2 Å². The predicted octanol–water partition coefficient (Wildman–Crippen LogP) is 1.78. The van der Waals surface area contributed by atoms with Crippen molar-refractivity contribution in [2.45, 2.75) is 19.9 Å².